The normalized spacial score (nSPS) is 19.0. The van der Waals surface area contributed by atoms with E-state index in [0.29, 0.717) is 6.61 Å². The number of allylic oxidation sites excluding steroid dienone is 2. The highest BCUT2D eigenvalue weighted by atomic mass is 16.5. The van der Waals surface area contributed by atoms with E-state index in [4.69, 9.17) is 4.74 Å². The maximum atomic E-state index is 5.20. The molecular formula is C30H34O. The molecule has 0 atom stereocenters. The Bertz CT molecular complexity index is 956. The fourth-order valence-corrected chi connectivity index (χ4v) is 4.74. The van der Waals surface area contributed by atoms with E-state index in [1.165, 1.54) is 59.1 Å². The van der Waals surface area contributed by atoms with E-state index in [1.54, 1.807) is 7.11 Å². The predicted octanol–water partition coefficient (Wildman–Crippen LogP) is 8.41. The van der Waals surface area contributed by atoms with Crippen LogP contribution in [-0.2, 0) is 11.3 Å². The average Bonchev–Trinajstić information content (AvgIpc) is 2.84. The molecule has 160 valence electrons. The van der Waals surface area contributed by atoms with Crippen molar-refractivity contribution < 1.29 is 4.74 Å². The third-order valence-electron chi connectivity index (χ3n) is 6.61. The van der Waals surface area contributed by atoms with Gasteiger partial charge in [-0.1, -0.05) is 91.9 Å². The molecule has 31 heavy (non-hydrogen) atoms. The van der Waals surface area contributed by atoms with Crippen LogP contribution in [0.5, 0.6) is 0 Å². The van der Waals surface area contributed by atoms with Crippen LogP contribution in [0.2, 0.25) is 0 Å². The van der Waals surface area contributed by atoms with Gasteiger partial charge in [0, 0.05) is 7.11 Å². The minimum atomic E-state index is 0.659. The first kappa shape index (κ1) is 21.6. The van der Waals surface area contributed by atoms with Gasteiger partial charge in [-0.05, 0) is 77.3 Å². The Morgan fingerprint density at radius 1 is 0.710 bits per heavy atom. The lowest BCUT2D eigenvalue weighted by Gasteiger charge is -2.27. The molecule has 3 aromatic rings. The second kappa shape index (κ2) is 10.6. The van der Waals surface area contributed by atoms with Crippen LogP contribution in [0, 0.1) is 5.92 Å². The van der Waals surface area contributed by atoms with Crippen molar-refractivity contribution in [2.45, 2.75) is 51.6 Å². The summed E-state index contributed by atoms with van der Waals surface area (Å²) in [5.41, 5.74) is 7.78. The van der Waals surface area contributed by atoms with Gasteiger partial charge in [0.05, 0.1) is 6.61 Å². The van der Waals surface area contributed by atoms with E-state index in [2.05, 4.69) is 91.9 Å². The van der Waals surface area contributed by atoms with Crippen molar-refractivity contribution in [3.63, 3.8) is 0 Å². The number of hydrogen-bond acceptors (Lipinski definition) is 1. The van der Waals surface area contributed by atoms with Crippen molar-refractivity contribution in [3.8, 4) is 22.3 Å². The van der Waals surface area contributed by atoms with E-state index in [9.17, 15) is 0 Å². The lowest BCUT2D eigenvalue weighted by molar-refractivity contribution is 0.185. The van der Waals surface area contributed by atoms with Gasteiger partial charge in [-0.2, -0.15) is 0 Å². The summed E-state index contributed by atoms with van der Waals surface area (Å²) in [5, 5.41) is 0. The molecular weight excluding hydrogens is 376 g/mol. The van der Waals surface area contributed by atoms with Crippen LogP contribution < -0.4 is 0 Å². The van der Waals surface area contributed by atoms with E-state index in [1.807, 2.05) is 0 Å². The van der Waals surface area contributed by atoms with E-state index in [0.717, 1.165) is 18.3 Å². The van der Waals surface area contributed by atoms with Gasteiger partial charge in [0.2, 0.25) is 0 Å². The molecule has 1 heteroatoms. The van der Waals surface area contributed by atoms with Crippen LogP contribution >= 0.6 is 0 Å². The summed E-state index contributed by atoms with van der Waals surface area (Å²) in [6.07, 6.45) is 11.2. The van der Waals surface area contributed by atoms with Gasteiger partial charge < -0.3 is 4.74 Å². The maximum Gasteiger partial charge on any atom is 0.0713 e. The highest BCUT2D eigenvalue weighted by Crippen LogP contribution is 2.37. The molecule has 0 N–H and O–H groups in total. The number of hydrogen-bond donors (Lipinski definition) is 0. The molecule has 0 heterocycles. The Balaban J connectivity index is 1.39. The zero-order valence-electron chi connectivity index (χ0n) is 18.9. The molecule has 0 radical (unpaired) electrons. The minimum absolute atomic E-state index is 0.659. The van der Waals surface area contributed by atoms with Crippen LogP contribution in [-0.4, -0.2) is 7.11 Å². The Kier molecular flexibility index (Phi) is 7.38. The Morgan fingerprint density at radius 2 is 1.19 bits per heavy atom. The van der Waals surface area contributed by atoms with Crippen molar-refractivity contribution in [2.75, 3.05) is 7.11 Å². The molecule has 0 aromatic heterocycles. The molecule has 1 aliphatic carbocycles. The molecule has 1 aliphatic rings. The van der Waals surface area contributed by atoms with E-state index >= 15 is 0 Å². The SMILES string of the molecule is CC/C=C/[C@H]1CC[C@H](c2ccc(-c3ccc(-c4ccc(COC)cc4)cc3)cc2)CC1. The van der Waals surface area contributed by atoms with Crippen molar-refractivity contribution in [1.29, 1.82) is 0 Å². The Labute approximate surface area is 187 Å². The largest absolute Gasteiger partial charge is 0.380 e. The molecule has 0 aliphatic heterocycles. The van der Waals surface area contributed by atoms with Gasteiger partial charge in [0.25, 0.3) is 0 Å². The fraction of sp³-hybridized carbons (Fsp3) is 0.333. The zero-order chi connectivity index (χ0) is 21.5. The van der Waals surface area contributed by atoms with E-state index < -0.39 is 0 Å². The fourth-order valence-electron chi connectivity index (χ4n) is 4.74. The van der Waals surface area contributed by atoms with Crippen molar-refractivity contribution in [1.82, 2.24) is 0 Å². The Hall–Kier alpha value is -2.64. The first-order chi connectivity index (χ1) is 15.3. The number of methoxy groups -OCH3 is 1. The van der Waals surface area contributed by atoms with Crippen molar-refractivity contribution in [2.24, 2.45) is 5.92 Å². The minimum Gasteiger partial charge on any atom is -0.380 e. The first-order valence-electron chi connectivity index (χ1n) is 11.7. The van der Waals surface area contributed by atoms with Gasteiger partial charge in [0.15, 0.2) is 0 Å². The number of ether oxygens (including phenoxy) is 1. The molecule has 0 amide bonds. The van der Waals surface area contributed by atoms with Gasteiger partial charge in [0.1, 0.15) is 0 Å². The number of rotatable bonds is 7. The highest BCUT2D eigenvalue weighted by Gasteiger charge is 2.20. The van der Waals surface area contributed by atoms with Crippen LogP contribution in [0.1, 0.15) is 56.1 Å². The van der Waals surface area contributed by atoms with E-state index in [-0.39, 0.29) is 0 Å². The van der Waals surface area contributed by atoms with Gasteiger partial charge >= 0.3 is 0 Å². The Morgan fingerprint density at radius 3 is 1.68 bits per heavy atom. The third-order valence-corrected chi connectivity index (χ3v) is 6.61. The number of benzene rings is 3. The lowest BCUT2D eigenvalue weighted by atomic mass is 9.78. The van der Waals surface area contributed by atoms with Crippen LogP contribution in [0.4, 0.5) is 0 Å². The predicted molar refractivity (Wildman–Crippen MR) is 132 cm³/mol. The molecule has 1 nitrogen and oxygen atoms in total. The molecule has 0 spiro atoms. The topological polar surface area (TPSA) is 9.23 Å². The lowest BCUT2D eigenvalue weighted by Crippen LogP contribution is -2.11. The molecule has 4 rings (SSSR count). The summed E-state index contributed by atoms with van der Waals surface area (Å²) < 4.78 is 5.20. The van der Waals surface area contributed by atoms with Gasteiger partial charge in [-0.25, -0.2) is 0 Å². The smallest absolute Gasteiger partial charge is 0.0713 e. The van der Waals surface area contributed by atoms with Crippen LogP contribution in [0.25, 0.3) is 22.3 Å². The quantitative estimate of drug-likeness (QED) is 0.355. The first-order valence-corrected chi connectivity index (χ1v) is 11.7. The summed E-state index contributed by atoms with van der Waals surface area (Å²) in [6, 6.07) is 26.8. The van der Waals surface area contributed by atoms with Crippen LogP contribution in [0.3, 0.4) is 0 Å². The standard InChI is InChI=1S/C30H34O/c1-3-4-5-23-6-10-25(11-7-23)27-14-18-29(19-15-27)30-20-16-28(17-21-30)26-12-8-24(9-13-26)22-31-2/h4-5,8-9,12-21,23,25H,3,6-7,10-11,22H2,1-2H3/b5-4+/t23-,25-. The zero-order valence-corrected chi connectivity index (χ0v) is 18.9. The third kappa shape index (κ3) is 5.54. The van der Waals surface area contributed by atoms with Crippen molar-refractivity contribution in [3.05, 3.63) is 96.1 Å². The summed E-state index contributed by atoms with van der Waals surface area (Å²) in [6.45, 7) is 2.88. The van der Waals surface area contributed by atoms with Crippen LogP contribution in [0.15, 0.2) is 84.9 Å². The maximum absolute atomic E-state index is 5.20. The summed E-state index contributed by atoms with van der Waals surface area (Å²) in [4.78, 5) is 0. The summed E-state index contributed by atoms with van der Waals surface area (Å²) in [7, 11) is 1.73. The van der Waals surface area contributed by atoms with Crippen molar-refractivity contribution >= 4 is 0 Å². The second-order valence-electron chi connectivity index (χ2n) is 8.78. The second-order valence-corrected chi connectivity index (χ2v) is 8.78. The molecule has 3 aromatic carbocycles. The monoisotopic (exact) mass is 410 g/mol. The summed E-state index contributed by atoms with van der Waals surface area (Å²) >= 11 is 0. The molecule has 0 bridgehead atoms. The summed E-state index contributed by atoms with van der Waals surface area (Å²) in [5.74, 6) is 1.52. The molecule has 0 unspecified atom stereocenters. The van der Waals surface area contributed by atoms with Gasteiger partial charge in [-0.3, -0.25) is 0 Å². The van der Waals surface area contributed by atoms with Gasteiger partial charge in [-0.15, -0.1) is 0 Å². The highest BCUT2D eigenvalue weighted by molar-refractivity contribution is 5.70. The molecule has 1 fully saturated rings. The molecule has 0 saturated heterocycles. The molecule has 1 saturated carbocycles. The average molecular weight is 411 g/mol.